The Labute approximate surface area is 182 Å². The van der Waals surface area contributed by atoms with Gasteiger partial charge in [-0.05, 0) is 42.0 Å². The molecule has 0 spiro atoms. The van der Waals surface area contributed by atoms with Crippen LogP contribution in [-0.4, -0.2) is 31.2 Å². The van der Waals surface area contributed by atoms with Gasteiger partial charge in [0.05, 0.1) is 23.6 Å². The van der Waals surface area contributed by atoms with Crippen LogP contribution in [0.25, 0.3) is 22.0 Å². The van der Waals surface area contributed by atoms with Gasteiger partial charge in [-0.2, -0.15) is 5.10 Å². The Balaban J connectivity index is 1.44. The van der Waals surface area contributed by atoms with Gasteiger partial charge in [0.1, 0.15) is 11.5 Å². The number of hydrogen-bond acceptors (Lipinski definition) is 6. The molecule has 0 atom stereocenters. The SMILES string of the molecule is O=C(Nc1ccc(O)nc1)c1n[nH]c2ccc(-c3cncc(Oc4ccccc4)c3)cc12. The molecule has 3 N–H and O–H groups in total. The molecule has 32 heavy (non-hydrogen) atoms. The van der Waals surface area contributed by atoms with E-state index in [1.54, 1.807) is 18.5 Å². The number of pyridine rings is 2. The number of para-hydroxylation sites is 1. The van der Waals surface area contributed by atoms with Crippen molar-refractivity contribution in [3.05, 3.63) is 91.0 Å². The molecule has 8 heteroatoms. The zero-order valence-corrected chi connectivity index (χ0v) is 16.7. The summed E-state index contributed by atoms with van der Waals surface area (Å²) in [5, 5.41) is 19.8. The number of carbonyl (C=O) groups excluding carboxylic acids is 1. The summed E-state index contributed by atoms with van der Waals surface area (Å²) in [4.78, 5) is 20.8. The van der Waals surface area contributed by atoms with E-state index in [-0.39, 0.29) is 17.5 Å². The van der Waals surface area contributed by atoms with E-state index in [1.807, 2.05) is 54.6 Å². The molecule has 0 saturated carbocycles. The molecule has 2 aromatic carbocycles. The number of aromatic hydroxyl groups is 1. The van der Waals surface area contributed by atoms with Crippen molar-refractivity contribution in [2.24, 2.45) is 0 Å². The standard InChI is InChI=1S/C24H17N5O3/c30-22-9-7-17(13-26-22)27-24(31)23-20-11-15(6-8-21(20)28-29-23)16-10-19(14-25-12-16)32-18-4-2-1-3-5-18/h1-14H,(H,26,30)(H,27,31)(H,28,29). The first-order chi connectivity index (χ1) is 15.7. The number of aromatic amines is 1. The smallest absolute Gasteiger partial charge is 0.276 e. The predicted octanol–water partition coefficient (Wildman–Crippen LogP) is 4.77. The Bertz CT molecular complexity index is 1400. The Morgan fingerprint density at radius 1 is 0.906 bits per heavy atom. The molecule has 3 heterocycles. The van der Waals surface area contributed by atoms with Gasteiger partial charge in [-0.3, -0.25) is 14.9 Å². The number of H-pyrrole nitrogens is 1. The number of fused-ring (bicyclic) bond motifs is 1. The topological polar surface area (TPSA) is 113 Å². The van der Waals surface area contributed by atoms with Crippen molar-refractivity contribution in [3.63, 3.8) is 0 Å². The van der Waals surface area contributed by atoms with Crippen molar-refractivity contribution in [3.8, 4) is 28.5 Å². The fourth-order valence-electron chi connectivity index (χ4n) is 3.27. The van der Waals surface area contributed by atoms with E-state index in [2.05, 4.69) is 25.5 Å². The molecule has 0 fully saturated rings. The number of hydrogen-bond donors (Lipinski definition) is 3. The van der Waals surface area contributed by atoms with Crippen molar-refractivity contribution in [1.29, 1.82) is 0 Å². The van der Waals surface area contributed by atoms with Gasteiger partial charge in [-0.15, -0.1) is 0 Å². The molecule has 0 saturated heterocycles. The summed E-state index contributed by atoms with van der Waals surface area (Å²) >= 11 is 0. The number of amides is 1. The highest BCUT2D eigenvalue weighted by Gasteiger charge is 2.16. The number of nitrogens with zero attached hydrogens (tertiary/aromatic N) is 3. The third-order valence-corrected chi connectivity index (χ3v) is 4.81. The Morgan fingerprint density at radius 3 is 2.59 bits per heavy atom. The lowest BCUT2D eigenvalue weighted by atomic mass is 10.0. The van der Waals surface area contributed by atoms with Crippen LogP contribution in [0, 0.1) is 0 Å². The van der Waals surface area contributed by atoms with Crippen LogP contribution in [0.4, 0.5) is 5.69 Å². The van der Waals surface area contributed by atoms with Crippen molar-refractivity contribution in [2.45, 2.75) is 0 Å². The first-order valence-corrected chi connectivity index (χ1v) is 9.78. The summed E-state index contributed by atoms with van der Waals surface area (Å²) in [5.41, 5.74) is 3.14. The average molecular weight is 423 g/mol. The van der Waals surface area contributed by atoms with Gasteiger partial charge in [0.25, 0.3) is 5.91 Å². The van der Waals surface area contributed by atoms with Crippen LogP contribution in [0.5, 0.6) is 17.4 Å². The molecule has 0 radical (unpaired) electrons. The highest BCUT2D eigenvalue weighted by Crippen LogP contribution is 2.29. The van der Waals surface area contributed by atoms with E-state index < -0.39 is 0 Å². The molecule has 0 bridgehead atoms. The Hall–Kier alpha value is -4.72. The maximum atomic E-state index is 12.8. The van der Waals surface area contributed by atoms with Crippen LogP contribution in [0.2, 0.25) is 0 Å². The number of aromatic nitrogens is 4. The van der Waals surface area contributed by atoms with E-state index in [0.717, 1.165) is 22.4 Å². The van der Waals surface area contributed by atoms with Crippen molar-refractivity contribution >= 4 is 22.5 Å². The van der Waals surface area contributed by atoms with Crippen LogP contribution in [-0.2, 0) is 0 Å². The monoisotopic (exact) mass is 423 g/mol. The van der Waals surface area contributed by atoms with Gasteiger partial charge in [-0.1, -0.05) is 24.3 Å². The number of rotatable bonds is 5. The molecule has 0 aliphatic carbocycles. The summed E-state index contributed by atoms with van der Waals surface area (Å²) in [5.74, 6) is 0.823. The average Bonchev–Trinajstić information content (AvgIpc) is 3.25. The van der Waals surface area contributed by atoms with Crippen LogP contribution < -0.4 is 10.1 Å². The summed E-state index contributed by atoms with van der Waals surface area (Å²) in [6.45, 7) is 0. The molecular weight excluding hydrogens is 406 g/mol. The molecule has 0 aliphatic heterocycles. The molecule has 5 rings (SSSR count). The van der Waals surface area contributed by atoms with Crippen LogP contribution in [0.15, 0.2) is 85.3 Å². The number of nitrogens with one attached hydrogen (secondary N) is 2. The summed E-state index contributed by atoms with van der Waals surface area (Å²) in [6, 6.07) is 20.0. The third kappa shape index (κ3) is 3.97. The molecule has 5 aromatic rings. The summed E-state index contributed by atoms with van der Waals surface area (Å²) in [7, 11) is 0. The van der Waals surface area contributed by atoms with Gasteiger partial charge in [0.2, 0.25) is 5.88 Å². The largest absolute Gasteiger partial charge is 0.493 e. The fraction of sp³-hybridized carbons (Fsp3) is 0. The van der Waals surface area contributed by atoms with Gasteiger partial charge >= 0.3 is 0 Å². The first-order valence-electron chi connectivity index (χ1n) is 9.78. The fourth-order valence-corrected chi connectivity index (χ4v) is 3.27. The second kappa shape index (κ2) is 8.19. The number of anilines is 1. The van der Waals surface area contributed by atoms with E-state index in [0.29, 0.717) is 16.8 Å². The minimum atomic E-state index is -0.389. The van der Waals surface area contributed by atoms with Gasteiger partial charge in [0.15, 0.2) is 5.69 Å². The zero-order chi connectivity index (χ0) is 21.9. The maximum absolute atomic E-state index is 12.8. The van der Waals surface area contributed by atoms with Gasteiger partial charge in [0, 0.05) is 23.2 Å². The lowest BCUT2D eigenvalue weighted by Crippen LogP contribution is -2.12. The molecule has 1 amide bonds. The molecule has 3 aromatic heterocycles. The van der Waals surface area contributed by atoms with E-state index >= 15 is 0 Å². The normalized spacial score (nSPS) is 10.8. The third-order valence-electron chi connectivity index (χ3n) is 4.81. The first kappa shape index (κ1) is 19.3. The van der Waals surface area contributed by atoms with Crippen LogP contribution >= 0.6 is 0 Å². The molecule has 0 unspecified atom stereocenters. The minimum Gasteiger partial charge on any atom is -0.493 e. The molecule has 0 aliphatic rings. The van der Waals surface area contributed by atoms with E-state index in [4.69, 9.17) is 4.74 Å². The minimum absolute atomic E-state index is 0.120. The Kier molecular flexibility index (Phi) is 4.93. The highest BCUT2D eigenvalue weighted by atomic mass is 16.5. The summed E-state index contributed by atoms with van der Waals surface area (Å²) < 4.78 is 5.88. The quantitative estimate of drug-likeness (QED) is 0.375. The molecule has 8 nitrogen and oxygen atoms in total. The predicted molar refractivity (Wildman–Crippen MR) is 120 cm³/mol. The van der Waals surface area contributed by atoms with Crippen LogP contribution in [0.1, 0.15) is 10.5 Å². The maximum Gasteiger partial charge on any atom is 0.276 e. The highest BCUT2D eigenvalue weighted by molar-refractivity contribution is 6.11. The lowest BCUT2D eigenvalue weighted by Gasteiger charge is -2.08. The van der Waals surface area contributed by atoms with Crippen molar-refractivity contribution in [1.82, 2.24) is 20.2 Å². The van der Waals surface area contributed by atoms with Crippen molar-refractivity contribution in [2.75, 3.05) is 5.32 Å². The van der Waals surface area contributed by atoms with E-state index in [1.165, 1.54) is 12.3 Å². The van der Waals surface area contributed by atoms with Gasteiger partial charge < -0.3 is 15.2 Å². The molecular formula is C24H17N5O3. The van der Waals surface area contributed by atoms with Crippen LogP contribution in [0.3, 0.4) is 0 Å². The van der Waals surface area contributed by atoms with Gasteiger partial charge in [-0.25, -0.2) is 4.98 Å². The number of carbonyl (C=O) groups is 1. The zero-order valence-electron chi connectivity index (χ0n) is 16.7. The lowest BCUT2D eigenvalue weighted by molar-refractivity contribution is 0.102. The van der Waals surface area contributed by atoms with Crippen molar-refractivity contribution < 1.29 is 14.6 Å². The van der Waals surface area contributed by atoms with E-state index in [9.17, 15) is 9.90 Å². The summed E-state index contributed by atoms with van der Waals surface area (Å²) in [6.07, 6.45) is 4.76. The second-order valence-electron chi connectivity index (χ2n) is 7.02. The number of ether oxygens (including phenoxy) is 1. The Morgan fingerprint density at radius 2 is 1.78 bits per heavy atom. The number of benzene rings is 2. The second-order valence-corrected chi connectivity index (χ2v) is 7.02. The molecule has 156 valence electrons.